The smallest absolute Gasteiger partial charge is 0.232 e. The van der Waals surface area contributed by atoms with Gasteiger partial charge in [-0.05, 0) is 54.9 Å². The van der Waals surface area contributed by atoms with Crippen LogP contribution in [0.15, 0.2) is 46.4 Å². The van der Waals surface area contributed by atoms with E-state index in [2.05, 4.69) is 27.4 Å². The van der Waals surface area contributed by atoms with Crippen molar-refractivity contribution in [3.8, 4) is 0 Å². The first-order valence-electron chi connectivity index (χ1n) is 9.06. The van der Waals surface area contributed by atoms with Crippen molar-refractivity contribution in [2.45, 2.75) is 52.9 Å². The van der Waals surface area contributed by atoms with Crippen LogP contribution in [0.2, 0.25) is 0 Å². The first-order chi connectivity index (χ1) is 11.7. The number of rotatable bonds is 2. The highest BCUT2D eigenvalue weighted by molar-refractivity contribution is 6.48. The van der Waals surface area contributed by atoms with Gasteiger partial charge in [-0.15, -0.1) is 0 Å². The molecule has 3 aliphatic carbocycles. The van der Waals surface area contributed by atoms with Gasteiger partial charge in [-0.3, -0.25) is 9.59 Å². The van der Waals surface area contributed by atoms with Gasteiger partial charge in [-0.25, -0.2) is 0 Å². The molecule has 4 nitrogen and oxygen atoms in total. The average molecular weight is 341 g/mol. The molecule has 25 heavy (non-hydrogen) atoms. The number of aliphatic hydroxyl groups is 1. The van der Waals surface area contributed by atoms with Crippen molar-refractivity contribution in [2.75, 3.05) is 0 Å². The average Bonchev–Trinajstić information content (AvgIpc) is 2.55. The van der Waals surface area contributed by atoms with E-state index in [-0.39, 0.29) is 22.4 Å². The summed E-state index contributed by atoms with van der Waals surface area (Å²) in [5.41, 5.74) is 9.52. The second-order valence-electron chi connectivity index (χ2n) is 8.10. The summed E-state index contributed by atoms with van der Waals surface area (Å²) in [7, 11) is 0. The first-order valence-corrected chi connectivity index (χ1v) is 9.06. The summed E-state index contributed by atoms with van der Waals surface area (Å²) in [5.74, 6) is -0.707. The Morgan fingerprint density at radius 1 is 1.32 bits per heavy atom. The van der Waals surface area contributed by atoms with Gasteiger partial charge in [0.25, 0.3) is 0 Å². The number of allylic oxidation sites excluding steroid dienone is 5. The number of Topliss-reactive ketones (excluding diaryl/α,β-unsaturated/α-hetero) is 1. The quantitative estimate of drug-likeness (QED) is 0.589. The van der Waals surface area contributed by atoms with Crippen LogP contribution >= 0.6 is 0 Å². The van der Waals surface area contributed by atoms with Crippen molar-refractivity contribution in [3.05, 3.63) is 46.4 Å². The molecular formula is C21H27NO3. The van der Waals surface area contributed by atoms with E-state index in [0.29, 0.717) is 18.3 Å². The summed E-state index contributed by atoms with van der Waals surface area (Å²) in [5, 5.41) is 10.3. The van der Waals surface area contributed by atoms with Gasteiger partial charge < -0.3 is 10.8 Å². The number of nitrogens with two attached hydrogens (primary N) is 1. The predicted octanol–water partition coefficient (Wildman–Crippen LogP) is 3.90. The van der Waals surface area contributed by atoms with Crippen LogP contribution in [0.1, 0.15) is 52.9 Å². The summed E-state index contributed by atoms with van der Waals surface area (Å²) in [4.78, 5) is 24.3. The Bertz CT molecular complexity index is 768. The Hall–Kier alpha value is -2.10. The number of aliphatic hydroxyl groups excluding tert-OH is 1. The highest BCUT2D eigenvalue weighted by Crippen LogP contribution is 2.55. The van der Waals surface area contributed by atoms with Crippen LogP contribution in [0.25, 0.3) is 0 Å². The van der Waals surface area contributed by atoms with E-state index < -0.39 is 11.6 Å². The van der Waals surface area contributed by atoms with Gasteiger partial charge in [0, 0.05) is 11.6 Å². The lowest BCUT2D eigenvalue weighted by Gasteiger charge is -2.48. The molecule has 0 saturated carbocycles. The zero-order valence-electron chi connectivity index (χ0n) is 15.3. The predicted molar refractivity (Wildman–Crippen MR) is 97.6 cm³/mol. The maximum atomic E-state index is 12.4. The Morgan fingerprint density at radius 2 is 2.00 bits per heavy atom. The van der Waals surface area contributed by atoms with E-state index in [1.807, 2.05) is 0 Å². The van der Waals surface area contributed by atoms with E-state index in [4.69, 9.17) is 5.73 Å². The van der Waals surface area contributed by atoms with Crippen LogP contribution in [0.4, 0.5) is 0 Å². The minimum absolute atomic E-state index is 0.0118. The van der Waals surface area contributed by atoms with Crippen molar-refractivity contribution in [3.63, 3.8) is 0 Å². The van der Waals surface area contributed by atoms with Gasteiger partial charge in [-0.2, -0.15) is 0 Å². The molecule has 0 saturated heterocycles. The topological polar surface area (TPSA) is 80.4 Å². The highest BCUT2D eigenvalue weighted by Gasteiger charge is 2.45. The molecule has 0 heterocycles. The normalized spacial score (nSPS) is 33.6. The summed E-state index contributed by atoms with van der Waals surface area (Å²) < 4.78 is 0. The van der Waals surface area contributed by atoms with Gasteiger partial charge >= 0.3 is 0 Å². The molecule has 0 bridgehead atoms. The molecule has 3 N–H and O–H groups in total. The SMILES string of the molecule is C=C1CCCC2=C1[C@H](C)C[C@H](C)[C@@]2(C)CC1=C(O)C(N)=CC(=O)C1=O. The fourth-order valence-electron chi connectivity index (χ4n) is 4.92. The standard InChI is InChI=1S/C21H27NO3/c1-11-6-5-7-15-18(11)12(2)8-13(3)21(15,4)10-14-19(24)16(22)9-17(23)20(14)25/h9,12-13,24H,1,5-8,10,22H2,2-4H3/t12-,13+,21-/m1/s1. The molecule has 0 fully saturated rings. The zero-order valence-corrected chi connectivity index (χ0v) is 15.3. The van der Waals surface area contributed by atoms with E-state index in [1.54, 1.807) is 0 Å². The Kier molecular flexibility index (Phi) is 4.26. The van der Waals surface area contributed by atoms with Crippen molar-refractivity contribution < 1.29 is 14.7 Å². The summed E-state index contributed by atoms with van der Waals surface area (Å²) >= 11 is 0. The fraction of sp³-hybridized carbons (Fsp3) is 0.524. The van der Waals surface area contributed by atoms with Crippen molar-refractivity contribution in [1.82, 2.24) is 0 Å². The van der Waals surface area contributed by atoms with Gasteiger partial charge in [0.1, 0.15) is 5.76 Å². The maximum Gasteiger partial charge on any atom is 0.232 e. The molecular weight excluding hydrogens is 314 g/mol. The largest absolute Gasteiger partial charge is 0.505 e. The number of carbonyl (C=O) groups excluding carboxylic acids is 2. The Labute approximate surface area is 149 Å². The van der Waals surface area contributed by atoms with Crippen molar-refractivity contribution in [1.29, 1.82) is 0 Å². The number of hydrogen-bond donors (Lipinski definition) is 2. The number of carbonyl (C=O) groups is 2. The fourth-order valence-corrected chi connectivity index (χ4v) is 4.92. The molecule has 0 aromatic carbocycles. The second-order valence-corrected chi connectivity index (χ2v) is 8.10. The Morgan fingerprint density at radius 3 is 2.68 bits per heavy atom. The molecule has 4 heteroatoms. The molecule has 0 unspecified atom stereocenters. The molecule has 0 aromatic heterocycles. The summed E-state index contributed by atoms with van der Waals surface area (Å²) in [6.07, 6.45) is 5.44. The maximum absolute atomic E-state index is 12.4. The monoisotopic (exact) mass is 341 g/mol. The first kappa shape index (κ1) is 17.7. The van der Waals surface area contributed by atoms with Crippen LogP contribution < -0.4 is 5.73 Å². The van der Waals surface area contributed by atoms with E-state index in [1.165, 1.54) is 16.7 Å². The molecule has 0 aliphatic heterocycles. The molecule has 0 amide bonds. The van der Waals surface area contributed by atoms with Crippen LogP contribution in [0.3, 0.4) is 0 Å². The summed E-state index contributed by atoms with van der Waals surface area (Å²) in [6.45, 7) is 10.9. The minimum Gasteiger partial charge on any atom is -0.505 e. The van der Waals surface area contributed by atoms with Crippen LogP contribution in [-0.2, 0) is 9.59 Å². The van der Waals surface area contributed by atoms with E-state index in [9.17, 15) is 14.7 Å². The molecule has 3 atom stereocenters. The lowest BCUT2D eigenvalue weighted by atomic mass is 9.56. The van der Waals surface area contributed by atoms with Gasteiger partial charge in [0.2, 0.25) is 11.6 Å². The third-order valence-corrected chi connectivity index (χ3v) is 6.48. The minimum atomic E-state index is -0.645. The lowest BCUT2D eigenvalue weighted by Crippen LogP contribution is -2.39. The number of ketones is 2. The summed E-state index contributed by atoms with van der Waals surface area (Å²) in [6, 6.07) is 0. The molecule has 0 spiro atoms. The molecule has 134 valence electrons. The number of hydrogen-bond acceptors (Lipinski definition) is 4. The van der Waals surface area contributed by atoms with Gasteiger partial charge in [0.05, 0.1) is 5.70 Å². The third kappa shape index (κ3) is 2.68. The zero-order chi connectivity index (χ0) is 18.5. The second kappa shape index (κ2) is 6.01. The van der Waals surface area contributed by atoms with Gasteiger partial charge in [0.15, 0.2) is 0 Å². The van der Waals surface area contributed by atoms with Crippen LogP contribution in [0.5, 0.6) is 0 Å². The highest BCUT2D eigenvalue weighted by atomic mass is 16.3. The molecule has 3 rings (SSSR count). The molecule has 0 radical (unpaired) electrons. The van der Waals surface area contributed by atoms with Crippen LogP contribution in [0, 0.1) is 17.3 Å². The molecule has 3 aliphatic rings. The van der Waals surface area contributed by atoms with Gasteiger partial charge in [-0.1, -0.05) is 38.5 Å². The van der Waals surface area contributed by atoms with Crippen molar-refractivity contribution >= 4 is 11.6 Å². The third-order valence-electron chi connectivity index (χ3n) is 6.48. The van der Waals surface area contributed by atoms with E-state index >= 15 is 0 Å². The lowest BCUT2D eigenvalue weighted by molar-refractivity contribution is -0.132. The van der Waals surface area contributed by atoms with Crippen LogP contribution in [-0.4, -0.2) is 16.7 Å². The van der Waals surface area contributed by atoms with Crippen molar-refractivity contribution in [2.24, 2.45) is 23.0 Å². The Balaban J connectivity index is 2.10. The molecule has 0 aromatic rings. The van der Waals surface area contributed by atoms with E-state index in [0.717, 1.165) is 31.8 Å².